The molecule has 0 spiro atoms. The lowest BCUT2D eigenvalue weighted by Crippen LogP contribution is -2.45. The molecule has 1 fully saturated rings. The SMILES string of the molecule is CN=C(NCc1nnc2n1CCC2)NCC(c1cccs1)N1CCC(C)CC1.I. The maximum Gasteiger partial charge on any atom is 0.191 e. The number of aromatic nitrogens is 3. The number of guanidine groups is 1. The number of nitrogens with zero attached hydrogens (tertiary/aromatic N) is 5. The average Bonchev–Trinajstić information content (AvgIpc) is 3.45. The molecule has 160 valence electrons. The van der Waals surface area contributed by atoms with Crippen molar-refractivity contribution >= 4 is 41.3 Å². The van der Waals surface area contributed by atoms with Crippen molar-refractivity contribution < 1.29 is 0 Å². The highest BCUT2D eigenvalue weighted by Crippen LogP contribution is 2.29. The Bertz CT molecular complexity index is 781. The average molecular weight is 529 g/mol. The maximum atomic E-state index is 4.41. The lowest BCUT2D eigenvalue weighted by molar-refractivity contribution is 0.140. The molecule has 29 heavy (non-hydrogen) atoms. The van der Waals surface area contributed by atoms with Gasteiger partial charge in [-0.3, -0.25) is 9.89 Å². The van der Waals surface area contributed by atoms with E-state index in [4.69, 9.17) is 0 Å². The Kier molecular flexibility index (Phi) is 8.31. The van der Waals surface area contributed by atoms with E-state index >= 15 is 0 Å². The van der Waals surface area contributed by atoms with E-state index in [0.29, 0.717) is 12.6 Å². The van der Waals surface area contributed by atoms with Crippen LogP contribution in [0.3, 0.4) is 0 Å². The summed E-state index contributed by atoms with van der Waals surface area (Å²) in [6.45, 7) is 7.23. The molecule has 0 amide bonds. The molecule has 4 rings (SSSR count). The van der Waals surface area contributed by atoms with E-state index in [1.807, 2.05) is 18.4 Å². The Morgan fingerprint density at radius 3 is 2.83 bits per heavy atom. The van der Waals surface area contributed by atoms with Gasteiger partial charge in [-0.25, -0.2) is 0 Å². The van der Waals surface area contributed by atoms with E-state index in [1.54, 1.807) is 0 Å². The van der Waals surface area contributed by atoms with Gasteiger partial charge in [0, 0.05) is 31.4 Å². The molecule has 0 radical (unpaired) electrons. The smallest absolute Gasteiger partial charge is 0.191 e. The first-order valence-corrected chi connectivity index (χ1v) is 11.3. The summed E-state index contributed by atoms with van der Waals surface area (Å²) in [6, 6.07) is 4.80. The van der Waals surface area contributed by atoms with E-state index in [9.17, 15) is 0 Å². The van der Waals surface area contributed by atoms with Crippen molar-refractivity contribution in [3.8, 4) is 0 Å². The van der Waals surface area contributed by atoms with Gasteiger partial charge in [0.2, 0.25) is 0 Å². The first-order valence-electron chi connectivity index (χ1n) is 10.4. The van der Waals surface area contributed by atoms with Gasteiger partial charge in [-0.05, 0) is 49.7 Å². The second kappa shape index (κ2) is 10.7. The summed E-state index contributed by atoms with van der Waals surface area (Å²) in [5.41, 5.74) is 0. The van der Waals surface area contributed by atoms with Crippen LogP contribution in [-0.2, 0) is 19.5 Å². The molecular formula is C20H32IN7S. The van der Waals surface area contributed by atoms with Crippen molar-refractivity contribution in [3.63, 3.8) is 0 Å². The van der Waals surface area contributed by atoms with Gasteiger partial charge in [0.1, 0.15) is 5.82 Å². The predicted molar refractivity (Wildman–Crippen MR) is 129 cm³/mol. The Labute approximate surface area is 194 Å². The van der Waals surface area contributed by atoms with Gasteiger partial charge in [-0.1, -0.05) is 13.0 Å². The van der Waals surface area contributed by atoms with Crippen LogP contribution >= 0.6 is 35.3 Å². The summed E-state index contributed by atoms with van der Waals surface area (Å²) < 4.78 is 2.23. The number of rotatable bonds is 6. The molecule has 0 aromatic carbocycles. The van der Waals surface area contributed by atoms with Crippen molar-refractivity contribution in [2.24, 2.45) is 10.9 Å². The van der Waals surface area contributed by atoms with Crippen LogP contribution in [0.15, 0.2) is 22.5 Å². The van der Waals surface area contributed by atoms with E-state index in [-0.39, 0.29) is 24.0 Å². The topological polar surface area (TPSA) is 70.4 Å². The lowest BCUT2D eigenvalue weighted by atomic mass is 9.97. The number of aliphatic imine (C=N–C) groups is 1. The van der Waals surface area contributed by atoms with Crippen molar-refractivity contribution in [2.45, 2.75) is 51.7 Å². The van der Waals surface area contributed by atoms with Gasteiger partial charge in [-0.15, -0.1) is 45.5 Å². The zero-order chi connectivity index (χ0) is 19.3. The third kappa shape index (κ3) is 5.49. The summed E-state index contributed by atoms with van der Waals surface area (Å²) in [7, 11) is 1.83. The molecule has 2 aliphatic rings. The number of thiophene rings is 1. The number of hydrogen-bond donors (Lipinski definition) is 2. The number of aryl methyl sites for hydroxylation is 1. The summed E-state index contributed by atoms with van der Waals surface area (Å²) in [5.74, 6) is 3.77. The minimum absolute atomic E-state index is 0. The molecule has 0 aliphatic carbocycles. The molecule has 2 aliphatic heterocycles. The van der Waals surface area contributed by atoms with E-state index in [2.05, 4.69) is 59.7 Å². The first-order chi connectivity index (χ1) is 13.7. The van der Waals surface area contributed by atoms with Crippen LogP contribution in [-0.4, -0.2) is 52.3 Å². The van der Waals surface area contributed by atoms with Gasteiger partial charge in [0.05, 0.1) is 12.6 Å². The molecule has 0 bridgehead atoms. The van der Waals surface area contributed by atoms with Gasteiger partial charge >= 0.3 is 0 Å². The summed E-state index contributed by atoms with van der Waals surface area (Å²) in [5, 5.41) is 17.7. The third-order valence-corrected chi connectivity index (χ3v) is 6.89. The van der Waals surface area contributed by atoms with E-state index in [0.717, 1.165) is 43.0 Å². The predicted octanol–water partition coefficient (Wildman–Crippen LogP) is 3.04. The van der Waals surface area contributed by atoms with Gasteiger partial charge in [-0.2, -0.15) is 0 Å². The second-order valence-electron chi connectivity index (χ2n) is 7.84. The lowest BCUT2D eigenvalue weighted by Gasteiger charge is -2.36. The molecule has 4 heterocycles. The summed E-state index contributed by atoms with van der Waals surface area (Å²) in [4.78, 5) is 8.46. The Balaban J connectivity index is 0.00000240. The number of piperidine rings is 1. The zero-order valence-electron chi connectivity index (χ0n) is 17.3. The minimum atomic E-state index is 0. The molecular weight excluding hydrogens is 497 g/mol. The summed E-state index contributed by atoms with van der Waals surface area (Å²) >= 11 is 1.85. The maximum absolute atomic E-state index is 4.41. The fourth-order valence-electron chi connectivity index (χ4n) is 4.15. The molecule has 0 saturated carbocycles. The number of nitrogens with one attached hydrogen (secondary N) is 2. The standard InChI is InChI=1S/C20H31N7S.HI/c1-15-7-10-26(11-8-15)16(17-5-4-12-28-17)13-22-20(21-2)23-14-19-25-24-18-6-3-9-27(18)19;/h4-5,12,15-16H,3,6-11,13-14H2,1-2H3,(H2,21,22,23);1H. The number of halogens is 1. The van der Waals surface area contributed by atoms with Crippen LogP contribution in [0.5, 0.6) is 0 Å². The van der Waals surface area contributed by atoms with Crippen LogP contribution in [0.4, 0.5) is 0 Å². The van der Waals surface area contributed by atoms with Crippen molar-refractivity contribution in [2.75, 3.05) is 26.7 Å². The van der Waals surface area contributed by atoms with Gasteiger partial charge in [0.15, 0.2) is 11.8 Å². The fraction of sp³-hybridized carbons (Fsp3) is 0.650. The van der Waals surface area contributed by atoms with Gasteiger partial charge < -0.3 is 15.2 Å². The fourth-order valence-corrected chi connectivity index (χ4v) is 5.01. The van der Waals surface area contributed by atoms with Crippen LogP contribution < -0.4 is 10.6 Å². The minimum Gasteiger partial charge on any atom is -0.354 e. The van der Waals surface area contributed by atoms with Crippen LogP contribution in [0.1, 0.15) is 48.8 Å². The second-order valence-corrected chi connectivity index (χ2v) is 8.82. The number of fused-ring (bicyclic) bond motifs is 1. The van der Waals surface area contributed by atoms with E-state index < -0.39 is 0 Å². The highest BCUT2D eigenvalue weighted by Gasteiger charge is 2.25. The highest BCUT2D eigenvalue weighted by atomic mass is 127. The Morgan fingerprint density at radius 2 is 2.10 bits per heavy atom. The third-order valence-electron chi connectivity index (χ3n) is 5.92. The molecule has 2 aromatic heterocycles. The van der Waals surface area contributed by atoms with E-state index in [1.165, 1.54) is 37.2 Å². The number of hydrogen-bond acceptors (Lipinski definition) is 5. The molecule has 9 heteroatoms. The molecule has 2 aromatic rings. The first kappa shape index (κ1) is 22.5. The zero-order valence-corrected chi connectivity index (χ0v) is 20.5. The van der Waals surface area contributed by atoms with Crippen molar-refractivity contribution in [3.05, 3.63) is 34.0 Å². The van der Waals surface area contributed by atoms with Crippen molar-refractivity contribution in [1.82, 2.24) is 30.3 Å². The van der Waals surface area contributed by atoms with Crippen LogP contribution in [0, 0.1) is 5.92 Å². The van der Waals surface area contributed by atoms with Crippen LogP contribution in [0.25, 0.3) is 0 Å². The molecule has 2 N–H and O–H groups in total. The van der Waals surface area contributed by atoms with Gasteiger partial charge in [0.25, 0.3) is 0 Å². The Hall–Kier alpha value is -1.20. The Morgan fingerprint density at radius 1 is 1.28 bits per heavy atom. The number of likely N-dealkylation sites (tertiary alicyclic amines) is 1. The summed E-state index contributed by atoms with van der Waals surface area (Å²) in [6.07, 6.45) is 4.78. The monoisotopic (exact) mass is 529 g/mol. The molecule has 1 unspecified atom stereocenters. The largest absolute Gasteiger partial charge is 0.354 e. The van der Waals surface area contributed by atoms with Crippen LogP contribution in [0.2, 0.25) is 0 Å². The molecule has 7 nitrogen and oxygen atoms in total. The highest BCUT2D eigenvalue weighted by molar-refractivity contribution is 14.0. The molecule has 1 atom stereocenters. The van der Waals surface area contributed by atoms with Crippen molar-refractivity contribution in [1.29, 1.82) is 0 Å². The normalized spacial score (nSPS) is 18.9. The molecule has 1 saturated heterocycles. The quantitative estimate of drug-likeness (QED) is 0.342.